The fourth-order valence-corrected chi connectivity index (χ4v) is 1.87. The molecule has 112 valence electrons. The van der Waals surface area contributed by atoms with E-state index >= 15 is 0 Å². The van der Waals surface area contributed by atoms with Crippen LogP contribution in [0.3, 0.4) is 0 Å². The number of alkyl halides is 3. The molecule has 21 heavy (non-hydrogen) atoms. The summed E-state index contributed by atoms with van der Waals surface area (Å²) >= 11 is 17.4. The van der Waals surface area contributed by atoms with E-state index in [1.807, 2.05) is 0 Å². The lowest BCUT2D eigenvalue weighted by molar-refractivity contribution is 0.0914. The molecule has 0 saturated heterocycles. The molecule has 2 N–H and O–H groups in total. The largest absolute Gasteiger partial charge is 0.459 e. The number of benzene rings is 1. The number of para-hydroxylation sites is 1. The first-order valence-electron chi connectivity index (χ1n) is 5.80. The van der Waals surface area contributed by atoms with Gasteiger partial charge in [0, 0.05) is 0 Å². The number of halogens is 4. The molecule has 1 aromatic heterocycles. The Kier molecular flexibility index (Phi) is 4.98. The summed E-state index contributed by atoms with van der Waals surface area (Å²) in [6.45, 7) is 0. The molecule has 0 bridgehead atoms. The summed E-state index contributed by atoms with van der Waals surface area (Å²) in [6, 6.07) is 8.82. The minimum absolute atomic E-state index is 0.0459. The highest BCUT2D eigenvalue weighted by Gasteiger charge is 2.35. The zero-order valence-electron chi connectivity index (χ0n) is 10.4. The number of nitrogens with one attached hydrogen (secondary N) is 2. The Morgan fingerprint density at radius 2 is 1.90 bits per heavy atom. The topological polar surface area (TPSA) is 54.3 Å². The number of carbonyl (C=O) groups excluding carboxylic acids is 1. The summed E-state index contributed by atoms with van der Waals surface area (Å²) < 4.78 is 16.7. The van der Waals surface area contributed by atoms with Crippen molar-refractivity contribution in [2.24, 2.45) is 0 Å². The molecule has 0 unspecified atom stereocenters. The maximum atomic E-state index is 13.6. The van der Waals surface area contributed by atoms with Gasteiger partial charge >= 0.3 is 0 Å². The van der Waals surface area contributed by atoms with E-state index in [4.69, 9.17) is 39.2 Å². The summed E-state index contributed by atoms with van der Waals surface area (Å²) in [5.74, 6) is -1.09. The second-order valence-electron chi connectivity index (χ2n) is 4.05. The van der Waals surface area contributed by atoms with E-state index in [-0.39, 0.29) is 11.4 Å². The molecule has 2 rings (SSSR count). The molecule has 1 heterocycles. The predicted molar refractivity (Wildman–Crippen MR) is 80.3 cm³/mol. The quantitative estimate of drug-likeness (QED) is 0.647. The molecule has 0 aliphatic heterocycles. The molecule has 0 aliphatic rings. The van der Waals surface area contributed by atoms with Gasteiger partial charge < -0.3 is 15.1 Å². The average Bonchev–Trinajstić information content (AvgIpc) is 2.93. The Labute approximate surface area is 135 Å². The maximum absolute atomic E-state index is 13.6. The van der Waals surface area contributed by atoms with E-state index in [1.165, 1.54) is 30.5 Å². The summed E-state index contributed by atoms with van der Waals surface area (Å²) in [5, 5.41) is 5.06. The van der Waals surface area contributed by atoms with Crippen molar-refractivity contribution in [3.8, 4) is 0 Å². The van der Waals surface area contributed by atoms with Gasteiger partial charge in [-0.3, -0.25) is 4.79 Å². The minimum atomic E-state index is -1.90. The summed E-state index contributed by atoms with van der Waals surface area (Å²) in [6.07, 6.45) is 0.181. The number of amides is 1. The van der Waals surface area contributed by atoms with Crippen LogP contribution in [0.15, 0.2) is 47.1 Å². The van der Waals surface area contributed by atoms with Crippen molar-refractivity contribution in [3.63, 3.8) is 0 Å². The number of rotatable bonds is 4. The predicted octanol–water partition coefficient (Wildman–Crippen LogP) is 3.96. The van der Waals surface area contributed by atoms with Gasteiger partial charge in [0.25, 0.3) is 5.91 Å². The van der Waals surface area contributed by atoms with Gasteiger partial charge in [-0.2, -0.15) is 0 Å². The molecular weight excluding hydrogens is 342 g/mol. The van der Waals surface area contributed by atoms with Crippen molar-refractivity contribution in [1.82, 2.24) is 5.32 Å². The molecule has 0 fully saturated rings. The molecular formula is C13H10Cl3FN2O2. The smallest absolute Gasteiger partial charge is 0.288 e. The van der Waals surface area contributed by atoms with Crippen molar-refractivity contribution in [2.75, 3.05) is 5.32 Å². The molecule has 2 aromatic rings. The zero-order chi connectivity index (χ0) is 15.5. The van der Waals surface area contributed by atoms with E-state index < -0.39 is 21.7 Å². The van der Waals surface area contributed by atoms with Crippen LogP contribution in [0.4, 0.5) is 10.1 Å². The van der Waals surface area contributed by atoms with Crippen LogP contribution in [0.1, 0.15) is 10.6 Å². The van der Waals surface area contributed by atoms with E-state index in [1.54, 1.807) is 12.1 Å². The van der Waals surface area contributed by atoms with Crippen LogP contribution in [0, 0.1) is 5.82 Å². The standard InChI is InChI=1S/C13H10Cl3FN2O2/c14-13(15,16)12(18-9-5-2-1-4-8(9)17)19-11(20)10-6-3-7-21-10/h1-7,12,18H,(H,19,20)/t12-/m0/s1. The lowest BCUT2D eigenvalue weighted by Gasteiger charge is -2.27. The Bertz CT molecular complexity index is 614. The van der Waals surface area contributed by atoms with Gasteiger partial charge in [-0.05, 0) is 24.3 Å². The number of hydrogen-bond donors (Lipinski definition) is 2. The van der Waals surface area contributed by atoms with Gasteiger partial charge in [0.1, 0.15) is 12.0 Å². The van der Waals surface area contributed by atoms with Crippen LogP contribution in [0.5, 0.6) is 0 Å². The number of anilines is 1. The van der Waals surface area contributed by atoms with Gasteiger partial charge in [-0.1, -0.05) is 46.9 Å². The normalized spacial score (nSPS) is 12.8. The summed E-state index contributed by atoms with van der Waals surface area (Å²) in [4.78, 5) is 11.9. The lowest BCUT2D eigenvalue weighted by atomic mass is 10.3. The summed E-state index contributed by atoms with van der Waals surface area (Å²) in [7, 11) is 0. The Hall–Kier alpha value is -1.43. The van der Waals surface area contributed by atoms with Crippen molar-refractivity contribution in [2.45, 2.75) is 9.96 Å². The molecule has 1 aromatic carbocycles. The van der Waals surface area contributed by atoms with E-state index in [0.717, 1.165) is 0 Å². The van der Waals surface area contributed by atoms with Crippen molar-refractivity contribution in [1.29, 1.82) is 0 Å². The number of furan rings is 1. The first kappa shape index (κ1) is 15.9. The summed E-state index contributed by atoms with van der Waals surface area (Å²) in [5.41, 5.74) is 0.0913. The second-order valence-corrected chi connectivity index (χ2v) is 6.42. The van der Waals surface area contributed by atoms with Crippen LogP contribution in [-0.4, -0.2) is 15.9 Å². The monoisotopic (exact) mass is 350 g/mol. The SMILES string of the molecule is O=C(N[C@H](Nc1ccccc1F)C(Cl)(Cl)Cl)c1ccco1. The number of carbonyl (C=O) groups is 1. The third-order valence-electron chi connectivity index (χ3n) is 2.52. The van der Waals surface area contributed by atoms with Gasteiger partial charge in [0.2, 0.25) is 3.79 Å². The Morgan fingerprint density at radius 3 is 2.48 bits per heavy atom. The van der Waals surface area contributed by atoms with Crippen LogP contribution in [-0.2, 0) is 0 Å². The third-order valence-corrected chi connectivity index (χ3v) is 3.18. The lowest BCUT2D eigenvalue weighted by Crippen LogP contribution is -2.49. The van der Waals surface area contributed by atoms with E-state index in [9.17, 15) is 9.18 Å². The van der Waals surface area contributed by atoms with Gasteiger partial charge in [-0.15, -0.1) is 0 Å². The second kappa shape index (κ2) is 6.56. The molecule has 8 heteroatoms. The van der Waals surface area contributed by atoms with Gasteiger partial charge in [0.15, 0.2) is 5.76 Å². The highest BCUT2D eigenvalue weighted by atomic mass is 35.6. The molecule has 1 atom stereocenters. The molecule has 4 nitrogen and oxygen atoms in total. The Morgan fingerprint density at radius 1 is 1.19 bits per heavy atom. The molecule has 0 aliphatic carbocycles. The highest BCUT2D eigenvalue weighted by Crippen LogP contribution is 2.31. The van der Waals surface area contributed by atoms with Crippen molar-refractivity contribution < 1.29 is 13.6 Å². The highest BCUT2D eigenvalue weighted by molar-refractivity contribution is 6.68. The number of hydrogen-bond acceptors (Lipinski definition) is 3. The molecule has 0 saturated carbocycles. The molecule has 0 radical (unpaired) electrons. The van der Waals surface area contributed by atoms with Gasteiger partial charge in [0.05, 0.1) is 12.0 Å². The first-order chi connectivity index (χ1) is 9.88. The first-order valence-corrected chi connectivity index (χ1v) is 6.93. The minimum Gasteiger partial charge on any atom is -0.459 e. The average molecular weight is 352 g/mol. The van der Waals surface area contributed by atoms with E-state index in [2.05, 4.69) is 10.6 Å². The fraction of sp³-hybridized carbons (Fsp3) is 0.154. The van der Waals surface area contributed by atoms with Crippen LogP contribution >= 0.6 is 34.8 Å². The van der Waals surface area contributed by atoms with Crippen LogP contribution in [0.2, 0.25) is 0 Å². The maximum Gasteiger partial charge on any atom is 0.288 e. The van der Waals surface area contributed by atoms with Crippen molar-refractivity contribution in [3.05, 3.63) is 54.2 Å². The molecule has 1 amide bonds. The van der Waals surface area contributed by atoms with Crippen LogP contribution in [0.25, 0.3) is 0 Å². The van der Waals surface area contributed by atoms with E-state index in [0.29, 0.717) is 0 Å². The Balaban J connectivity index is 2.16. The molecule has 0 spiro atoms. The third kappa shape index (κ3) is 4.27. The fourth-order valence-electron chi connectivity index (χ4n) is 1.54. The van der Waals surface area contributed by atoms with Crippen molar-refractivity contribution >= 4 is 46.4 Å². The van der Waals surface area contributed by atoms with Gasteiger partial charge in [-0.25, -0.2) is 4.39 Å². The van der Waals surface area contributed by atoms with Crippen LogP contribution < -0.4 is 10.6 Å². The zero-order valence-corrected chi connectivity index (χ0v) is 12.7.